The van der Waals surface area contributed by atoms with Crippen molar-refractivity contribution in [3.63, 3.8) is 0 Å². The van der Waals surface area contributed by atoms with Gasteiger partial charge in [-0.3, -0.25) is 4.79 Å². The van der Waals surface area contributed by atoms with E-state index in [-0.39, 0.29) is 43.6 Å². The molecule has 1 aliphatic carbocycles. The van der Waals surface area contributed by atoms with Crippen LogP contribution in [0, 0.1) is 11.3 Å². The van der Waals surface area contributed by atoms with Crippen molar-refractivity contribution in [1.29, 1.82) is 5.26 Å². The number of hydrogen-bond donors (Lipinski definition) is 0. The molecule has 3 heterocycles. The van der Waals surface area contributed by atoms with E-state index in [4.69, 9.17) is 5.26 Å². The molecule has 0 radical (unpaired) electrons. The zero-order chi connectivity index (χ0) is 19.7. The van der Waals surface area contributed by atoms with E-state index in [1.807, 2.05) is 11.0 Å². The lowest BCUT2D eigenvalue weighted by Gasteiger charge is -2.31. The fraction of sp³-hybridized carbons (Fsp3) is 0.421. The van der Waals surface area contributed by atoms with Gasteiger partial charge < -0.3 is 9.80 Å². The second-order valence-corrected chi connectivity index (χ2v) is 7.04. The number of likely N-dealkylation sites (tertiary alicyclic amines) is 1. The van der Waals surface area contributed by atoms with Crippen LogP contribution in [0.3, 0.4) is 0 Å². The number of carbonyl (C=O) groups excluding carboxylic acids is 1. The minimum Gasteiger partial charge on any atom is -0.338 e. The van der Waals surface area contributed by atoms with E-state index in [1.54, 1.807) is 24.3 Å². The highest BCUT2D eigenvalue weighted by Crippen LogP contribution is 2.36. The number of nitriles is 1. The summed E-state index contributed by atoms with van der Waals surface area (Å²) in [6, 6.07) is 8.89. The van der Waals surface area contributed by atoms with Crippen LogP contribution in [0.2, 0.25) is 0 Å². The van der Waals surface area contributed by atoms with Gasteiger partial charge in [0.05, 0.1) is 5.56 Å². The summed E-state index contributed by atoms with van der Waals surface area (Å²) in [5.41, 5.74) is 0.608. The first-order chi connectivity index (χ1) is 13.5. The molecule has 28 heavy (non-hydrogen) atoms. The fourth-order valence-corrected chi connectivity index (χ4v) is 3.21. The van der Waals surface area contributed by atoms with Gasteiger partial charge in [-0.05, 0) is 37.1 Å². The van der Waals surface area contributed by atoms with Crippen LogP contribution in [-0.4, -0.2) is 51.0 Å². The number of anilines is 2. The van der Waals surface area contributed by atoms with Gasteiger partial charge in [-0.2, -0.15) is 5.26 Å². The third-order valence-electron chi connectivity index (χ3n) is 4.95. The van der Waals surface area contributed by atoms with Crippen LogP contribution in [0.4, 0.5) is 20.4 Å². The van der Waals surface area contributed by atoms with Crippen LogP contribution in [0.25, 0.3) is 0 Å². The lowest BCUT2D eigenvalue weighted by atomic mass is 10.1. The predicted octanol–water partition coefficient (Wildman–Crippen LogP) is 2.92. The van der Waals surface area contributed by atoms with Gasteiger partial charge in [0.1, 0.15) is 11.9 Å². The summed E-state index contributed by atoms with van der Waals surface area (Å²) in [6.07, 6.45) is 2.84. The lowest BCUT2D eigenvalue weighted by molar-refractivity contribution is -0.0494. The Morgan fingerprint density at radius 2 is 1.86 bits per heavy atom. The molecule has 1 saturated heterocycles. The molecule has 0 N–H and O–H groups in total. The van der Waals surface area contributed by atoms with Gasteiger partial charge in [-0.25, -0.2) is 13.8 Å². The second-order valence-electron chi connectivity index (χ2n) is 7.04. The Morgan fingerprint density at radius 1 is 1.14 bits per heavy atom. The summed E-state index contributed by atoms with van der Waals surface area (Å²) >= 11 is 0. The fourth-order valence-electron chi connectivity index (χ4n) is 3.21. The van der Waals surface area contributed by atoms with E-state index in [9.17, 15) is 13.6 Å². The molecule has 1 saturated carbocycles. The molecule has 0 spiro atoms. The lowest BCUT2D eigenvalue weighted by Crippen LogP contribution is -2.42. The van der Waals surface area contributed by atoms with Crippen LogP contribution < -0.4 is 4.90 Å². The monoisotopic (exact) mass is 384 g/mol. The third kappa shape index (κ3) is 3.76. The van der Waals surface area contributed by atoms with Crippen molar-refractivity contribution in [3.05, 3.63) is 41.7 Å². The molecular formula is C19H18F2N6O. The van der Waals surface area contributed by atoms with Crippen molar-refractivity contribution in [1.82, 2.24) is 20.1 Å². The molecule has 144 valence electrons. The molecule has 0 unspecified atom stereocenters. The van der Waals surface area contributed by atoms with E-state index < -0.39 is 5.92 Å². The maximum atomic E-state index is 13.3. The molecule has 9 heteroatoms. The molecule has 1 amide bonds. The standard InChI is InChI=1S/C19H18F2N6O/c20-19(21)7-9-26(10-8-19)18(28)13-1-5-16(23-12-13)27(15-3-4-15)17-6-2-14(11-22)24-25-17/h1-2,5-6,12,15H,3-4,7-10H2. The highest BCUT2D eigenvalue weighted by Gasteiger charge is 2.36. The van der Waals surface area contributed by atoms with Crippen molar-refractivity contribution >= 4 is 17.5 Å². The van der Waals surface area contributed by atoms with Crippen molar-refractivity contribution in [2.24, 2.45) is 0 Å². The smallest absolute Gasteiger partial charge is 0.255 e. The Kier molecular flexibility index (Phi) is 4.63. The van der Waals surface area contributed by atoms with Crippen LogP contribution in [-0.2, 0) is 0 Å². The Morgan fingerprint density at radius 3 is 2.39 bits per heavy atom. The molecule has 0 atom stereocenters. The van der Waals surface area contributed by atoms with Gasteiger partial charge in [0, 0.05) is 38.2 Å². The maximum Gasteiger partial charge on any atom is 0.255 e. The van der Waals surface area contributed by atoms with Gasteiger partial charge in [-0.15, -0.1) is 10.2 Å². The largest absolute Gasteiger partial charge is 0.338 e. The van der Waals surface area contributed by atoms with E-state index in [2.05, 4.69) is 15.2 Å². The van der Waals surface area contributed by atoms with Crippen LogP contribution in [0.15, 0.2) is 30.5 Å². The number of hydrogen-bond acceptors (Lipinski definition) is 6. The van der Waals surface area contributed by atoms with Crippen LogP contribution >= 0.6 is 0 Å². The van der Waals surface area contributed by atoms with Crippen LogP contribution in [0.5, 0.6) is 0 Å². The normalized spacial score (nSPS) is 18.4. The number of piperidine rings is 1. The molecule has 2 aromatic rings. The number of carbonyl (C=O) groups is 1. The van der Waals surface area contributed by atoms with Gasteiger partial charge in [0.25, 0.3) is 11.8 Å². The average molecular weight is 384 g/mol. The number of pyridine rings is 1. The molecule has 7 nitrogen and oxygen atoms in total. The molecular weight excluding hydrogens is 366 g/mol. The first-order valence-corrected chi connectivity index (χ1v) is 9.13. The van der Waals surface area contributed by atoms with Gasteiger partial charge in [0.15, 0.2) is 11.5 Å². The Labute approximate surface area is 160 Å². The highest BCUT2D eigenvalue weighted by atomic mass is 19.3. The van der Waals surface area contributed by atoms with E-state index in [0.29, 0.717) is 17.2 Å². The molecule has 2 fully saturated rings. The summed E-state index contributed by atoms with van der Waals surface area (Å²) in [4.78, 5) is 20.3. The van der Waals surface area contributed by atoms with Gasteiger partial charge in [-0.1, -0.05) is 0 Å². The SMILES string of the molecule is N#Cc1ccc(N(c2ccc(C(=O)N3CCC(F)(F)CC3)cn2)C2CC2)nn1. The Balaban J connectivity index is 1.51. The number of nitrogens with zero attached hydrogens (tertiary/aromatic N) is 6. The number of amides is 1. The van der Waals surface area contributed by atoms with E-state index in [0.717, 1.165) is 12.8 Å². The number of rotatable bonds is 4. The topological polar surface area (TPSA) is 86.0 Å². The first kappa shape index (κ1) is 18.2. The zero-order valence-electron chi connectivity index (χ0n) is 15.1. The molecule has 2 aliphatic rings. The zero-order valence-corrected chi connectivity index (χ0v) is 15.1. The Bertz CT molecular complexity index is 896. The number of alkyl halides is 2. The van der Waals surface area contributed by atoms with Crippen molar-refractivity contribution < 1.29 is 13.6 Å². The predicted molar refractivity (Wildman–Crippen MR) is 96.2 cm³/mol. The quantitative estimate of drug-likeness (QED) is 0.806. The van der Waals surface area contributed by atoms with Crippen LogP contribution in [0.1, 0.15) is 41.7 Å². The molecule has 2 aromatic heterocycles. The van der Waals surface area contributed by atoms with Crippen molar-refractivity contribution in [2.75, 3.05) is 18.0 Å². The molecule has 1 aliphatic heterocycles. The van der Waals surface area contributed by atoms with Crippen molar-refractivity contribution in [3.8, 4) is 6.07 Å². The van der Waals surface area contributed by atoms with Gasteiger partial charge in [0.2, 0.25) is 0 Å². The number of halogens is 2. The summed E-state index contributed by atoms with van der Waals surface area (Å²) < 4.78 is 26.6. The average Bonchev–Trinajstić information content (AvgIpc) is 3.54. The molecule has 0 aromatic carbocycles. The Hall–Kier alpha value is -3.15. The van der Waals surface area contributed by atoms with E-state index in [1.165, 1.54) is 11.1 Å². The summed E-state index contributed by atoms with van der Waals surface area (Å²) in [5, 5.41) is 16.8. The van der Waals surface area contributed by atoms with E-state index >= 15 is 0 Å². The molecule has 4 rings (SSSR count). The summed E-state index contributed by atoms with van der Waals surface area (Å²) in [5.74, 6) is -1.76. The minimum absolute atomic E-state index is 0.0443. The van der Waals surface area contributed by atoms with Gasteiger partial charge >= 0.3 is 0 Å². The summed E-state index contributed by atoms with van der Waals surface area (Å²) in [7, 11) is 0. The number of aromatic nitrogens is 3. The maximum absolute atomic E-state index is 13.3. The molecule has 0 bridgehead atoms. The first-order valence-electron chi connectivity index (χ1n) is 9.13. The highest BCUT2D eigenvalue weighted by molar-refractivity contribution is 5.94. The second kappa shape index (κ2) is 7.11. The third-order valence-corrected chi connectivity index (χ3v) is 4.95. The van der Waals surface area contributed by atoms with Crippen molar-refractivity contribution in [2.45, 2.75) is 37.6 Å². The summed E-state index contributed by atoms with van der Waals surface area (Å²) in [6.45, 7) is 0.0885. The minimum atomic E-state index is -2.69.